The van der Waals surface area contributed by atoms with Crippen molar-refractivity contribution in [1.82, 2.24) is 15.0 Å². The molecular formula is C16H15N3. The van der Waals surface area contributed by atoms with Crippen LogP contribution in [0.25, 0.3) is 0 Å². The summed E-state index contributed by atoms with van der Waals surface area (Å²) in [5.41, 5.74) is 3.66. The molecule has 0 aliphatic heterocycles. The molecule has 0 aliphatic carbocycles. The van der Waals surface area contributed by atoms with E-state index < -0.39 is 0 Å². The number of rotatable bonds is 4. The Bertz CT molecular complexity index is 564. The van der Waals surface area contributed by atoms with E-state index in [-0.39, 0.29) is 0 Å². The molecule has 0 aliphatic rings. The van der Waals surface area contributed by atoms with Crippen molar-refractivity contribution < 1.29 is 0 Å². The lowest BCUT2D eigenvalue weighted by molar-refractivity contribution is 0.783. The number of aromatic nitrogens is 3. The first-order valence-electron chi connectivity index (χ1n) is 6.35. The molecule has 2 heterocycles. The van der Waals surface area contributed by atoms with Crippen molar-refractivity contribution in [2.75, 3.05) is 0 Å². The molecule has 3 heteroatoms. The lowest BCUT2D eigenvalue weighted by Gasteiger charge is -2.16. The maximum atomic E-state index is 4.23. The second kappa shape index (κ2) is 5.48. The molecule has 0 bridgehead atoms. The van der Waals surface area contributed by atoms with Gasteiger partial charge in [-0.2, -0.15) is 0 Å². The summed E-state index contributed by atoms with van der Waals surface area (Å²) in [6.45, 7) is 0. The number of pyridine rings is 1. The van der Waals surface area contributed by atoms with E-state index >= 15 is 0 Å². The predicted molar refractivity (Wildman–Crippen MR) is 74.8 cm³/mol. The monoisotopic (exact) mass is 249 g/mol. The van der Waals surface area contributed by atoms with E-state index in [0.29, 0.717) is 5.92 Å². The largest absolute Gasteiger partial charge is 0.348 e. The van der Waals surface area contributed by atoms with Crippen molar-refractivity contribution in [1.29, 1.82) is 0 Å². The van der Waals surface area contributed by atoms with E-state index in [4.69, 9.17) is 0 Å². The highest BCUT2D eigenvalue weighted by Crippen LogP contribution is 2.27. The summed E-state index contributed by atoms with van der Waals surface area (Å²) in [5, 5.41) is 0. The Morgan fingerprint density at radius 1 is 0.895 bits per heavy atom. The van der Waals surface area contributed by atoms with Gasteiger partial charge in [-0.15, -0.1) is 0 Å². The molecule has 1 N–H and O–H groups in total. The van der Waals surface area contributed by atoms with Crippen LogP contribution in [0.2, 0.25) is 0 Å². The van der Waals surface area contributed by atoms with Crippen molar-refractivity contribution in [2.24, 2.45) is 0 Å². The van der Waals surface area contributed by atoms with Crippen molar-refractivity contribution in [3.8, 4) is 0 Å². The average molecular weight is 249 g/mol. The van der Waals surface area contributed by atoms with Gasteiger partial charge in [0.25, 0.3) is 0 Å². The average Bonchev–Trinajstić information content (AvgIpc) is 3.00. The lowest BCUT2D eigenvalue weighted by Crippen LogP contribution is -2.05. The fourth-order valence-corrected chi connectivity index (χ4v) is 2.31. The van der Waals surface area contributed by atoms with Crippen molar-refractivity contribution in [3.63, 3.8) is 0 Å². The fourth-order valence-electron chi connectivity index (χ4n) is 2.31. The van der Waals surface area contributed by atoms with Crippen molar-refractivity contribution >= 4 is 0 Å². The molecule has 0 spiro atoms. The summed E-state index contributed by atoms with van der Waals surface area (Å²) >= 11 is 0. The Balaban J connectivity index is 1.96. The summed E-state index contributed by atoms with van der Waals surface area (Å²) < 4.78 is 0. The maximum absolute atomic E-state index is 4.23. The number of aromatic amines is 1. The summed E-state index contributed by atoms with van der Waals surface area (Å²) in [6.07, 6.45) is 8.25. The highest BCUT2D eigenvalue weighted by Gasteiger charge is 2.15. The first-order chi connectivity index (χ1) is 9.43. The van der Waals surface area contributed by atoms with Crippen LogP contribution in [0.5, 0.6) is 0 Å². The second-order valence-electron chi connectivity index (χ2n) is 4.53. The number of imidazole rings is 1. The molecule has 0 saturated carbocycles. The van der Waals surface area contributed by atoms with Crippen LogP contribution in [0, 0.1) is 0 Å². The van der Waals surface area contributed by atoms with Crippen LogP contribution >= 0.6 is 0 Å². The number of nitrogens with one attached hydrogen (secondary N) is 1. The molecule has 3 nitrogen and oxygen atoms in total. The highest BCUT2D eigenvalue weighted by molar-refractivity contribution is 5.32. The van der Waals surface area contributed by atoms with Crippen molar-refractivity contribution in [3.05, 3.63) is 84.2 Å². The van der Waals surface area contributed by atoms with Gasteiger partial charge in [0.2, 0.25) is 0 Å². The third kappa shape index (κ3) is 2.71. The molecular weight excluding hydrogens is 234 g/mol. The number of benzene rings is 1. The van der Waals surface area contributed by atoms with Crippen LogP contribution in [-0.2, 0) is 6.42 Å². The molecule has 0 fully saturated rings. The van der Waals surface area contributed by atoms with Gasteiger partial charge in [0.1, 0.15) is 0 Å². The minimum atomic E-state index is 0.301. The Morgan fingerprint density at radius 2 is 1.74 bits per heavy atom. The van der Waals surface area contributed by atoms with E-state index in [9.17, 15) is 0 Å². The van der Waals surface area contributed by atoms with Gasteiger partial charge >= 0.3 is 0 Å². The zero-order valence-corrected chi connectivity index (χ0v) is 10.5. The minimum absolute atomic E-state index is 0.301. The van der Waals surface area contributed by atoms with Gasteiger partial charge in [-0.3, -0.25) is 4.98 Å². The normalized spacial score (nSPS) is 12.2. The third-order valence-electron chi connectivity index (χ3n) is 3.27. The van der Waals surface area contributed by atoms with Gasteiger partial charge in [0, 0.05) is 36.6 Å². The number of H-pyrrole nitrogens is 1. The van der Waals surface area contributed by atoms with Crippen LogP contribution in [0.4, 0.5) is 0 Å². The van der Waals surface area contributed by atoms with E-state index in [1.807, 2.05) is 30.7 Å². The standard InChI is InChI=1S/C16H15N3/c1-2-5-13(6-3-1)16(9-15-11-18-12-19-15)14-7-4-8-17-10-14/h1-8,10-12,16H,9H2,(H,18,19). The van der Waals surface area contributed by atoms with Crippen LogP contribution in [0.1, 0.15) is 22.7 Å². The molecule has 94 valence electrons. The molecule has 0 amide bonds. The zero-order chi connectivity index (χ0) is 12.9. The van der Waals surface area contributed by atoms with Gasteiger partial charge in [-0.05, 0) is 17.2 Å². The topological polar surface area (TPSA) is 41.6 Å². The van der Waals surface area contributed by atoms with E-state index in [1.165, 1.54) is 11.1 Å². The first kappa shape index (κ1) is 11.7. The fraction of sp³-hybridized carbons (Fsp3) is 0.125. The molecule has 1 aromatic carbocycles. The van der Waals surface area contributed by atoms with E-state index in [1.54, 1.807) is 6.33 Å². The quantitative estimate of drug-likeness (QED) is 0.771. The van der Waals surface area contributed by atoms with E-state index in [0.717, 1.165) is 12.1 Å². The van der Waals surface area contributed by atoms with Crippen molar-refractivity contribution in [2.45, 2.75) is 12.3 Å². The molecule has 19 heavy (non-hydrogen) atoms. The van der Waals surface area contributed by atoms with Gasteiger partial charge in [-0.25, -0.2) is 4.98 Å². The van der Waals surface area contributed by atoms with Crippen LogP contribution in [-0.4, -0.2) is 15.0 Å². The third-order valence-corrected chi connectivity index (χ3v) is 3.27. The molecule has 0 radical (unpaired) electrons. The lowest BCUT2D eigenvalue weighted by atomic mass is 9.88. The van der Waals surface area contributed by atoms with Gasteiger partial charge < -0.3 is 4.98 Å². The Hall–Kier alpha value is -2.42. The Kier molecular flexibility index (Phi) is 3.36. The molecule has 1 unspecified atom stereocenters. The van der Waals surface area contributed by atoms with Crippen LogP contribution < -0.4 is 0 Å². The minimum Gasteiger partial charge on any atom is -0.348 e. The molecule has 1 atom stereocenters. The molecule has 2 aromatic heterocycles. The summed E-state index contributed by atoms with van der Waals surface area (Å²) in [4.78, 5) is 11.5. The molecule has 3 aromatic rings. The number of hydrogen-bond donors (Lipinski definition) is 1. The number of nitrogens with zero attached hydrogens (tertiary/aromatic N) is 2. The molecule has 0 saturated heterocycles. The summed E-state index contributed by atoms with van der Waals surface area (Å²) in [6, 6.07) is 14.6. The predicted octanol–water partition coefficient (Wildman–Crippen LogP) is 3.18. The number of hydrogen-bond acceptors (Lipinski definition) is 2. The van der Waals surface area contributed by atoms with Gasteiger partial charge in [0.05, 0.1) is 6.33 Å². The van der Waals surface area contributed by atoms with Crippen LogP contribution in [0.15, 0.2) is 67.4 Å². The Morgan fingerprint density at radius 3 is 2.42 bits per heavy atom. The van der Waals surface area contributed by atoms with Gasteiger partial charge in [0.15, 0.2) is 0 Å². The van der Waals surface area contributed by atoms with Gasteiger partial charge in [-0.1, -0.05) is 36.4 Å². The summed E-state index contributed by atoms with van der Waals surface area (Å²) in [5.74, 6) is 0.301. The maximum Gasteiger partial charge on any atom is 0.0921 e. The highest BCUT2D eigenvalue weighted by atomic mass is 14.9. The zero-order valence-electron chi connectivity index (χ0n) is 10.5. The Labute approximate surface area is 112 Å². The SMILES string of the molecule is c1ccc(C(Cc2cnc[nH]2)c2cccnc2)cc1. The van der Waals surface area contributed by atoms with E-state index in [2.05, 4.69) is 45.3 Å². The summed E-state index contributed by atoms with van der Waals surface area (Å²) in [7, 11) is 0. The first-order valence-corrected chi connectivity index (χ1v) is 6.35. The van der Waals surface area contributed by atoms with Crippen LogP contribution in [0.3, 0.4) is 0 Å². The second-order valence-corrected chi connectivity index (χ2v) is 4.53. The smallest absolute Gasteiger partial charge is 0.0921 e. The molecule has 3 rings (SSSR count).